The zero-order chi connectivity index (χ0) is 22.5. The molecular weight excluding hydrogens is 388 g/mol. The molecule has 0 heterocycles. The zero-order valence-electron chi connectivity index (χ0n) is 19.0. The number of hydrogen-bond donors (Lipinski definition) is 0. The Morgan fingerprint density at radius 2 is 1.61 bits per heavy atom. The summed E-state index contributed by atoms with van der Waals surface area (Å²) >= 11 is 0. The van der Waals surface area contributed by atoms with E-state index in [-0.39, 0.29) is 5.78 Å². The molecule has 4 nitrogen and oxygen atoms in total. The van der Waals surface area contributed by atoms with E-state index in [1.54, 1.807) is 36.4 Å². The monoisotopic (exact) mass is 422 g/mol. The summed E-state index contributed by atoms with van der Waals surface area (Å²) in [6.45, 7) is 11.7. The lowest BCUT2D eigenvalue weighted by molar-refractivity contribution is 0.104. The van der Waals surface area contributed by atoms with E-state index >= 15 is 0 Å². The van der Waals surface area contributed by atoms with Crippen molar-refractivity contribution in [3.63, 3.8) is 0 Å². The van der Waals surface area contributed by atoms with E-state index in [2.05, 4.69) is 20.4 Å². The maximum Gasteiger partial charge on any atom is 0.185 e. The van der Waals surface area contributed by atoms with Gasteiger partial charge in [0.25, 0.3) is 0 Å². The normalized spacial score (nSPS) is 10.8. The van der Waals surface area contributed by atoms with Crippen molar-refractivity contribution in [3.05, 3.63) is 71.8 Å². The molecule has 4 heteroatoms. The second-order valence-corrected chi connectivity index (χ2v) is 7.33. The van der Waals surface area contributed by atoms with Crippen molar-refractivity contribution >= 4 is 11.9 Å². The molecule has 0 N–H and O–H groups in total. The molecule has 0 atom stereocenters. The highest BCUT2D eigenvalue weighted by atomic mass is 16.5. The van der Waals surface area contributed by atoms with Gasteiger partial charge in [-0.2, -0.15) is 0 Å². The van der Waals surface area contributed by atoms with Crippen LogP contribution in [0.5, 0.6) is 17.2 Å². The number of carbonyl (C=O) groups excluding carboxylic acids is 1. The van der Waals surface area contributed by atoms with Gasteiger partial charge in [-0.1, -0.05) is 51.5 Å². The first-order valence-corrected chi connectivity index (χ1v) is 11.1. The molecule has 0 saturated heterocycles. The Morgan fingerprint density at radius 1 is 0.935 bits per heavy atom. The van der Waals surface area contributed by atoms with Gasteiger partial charge in [0.1, 0.15) is 12.4 Å². The summed E-state index contributed by atoms with van der Waals surface area (Å²) in [7, 11) is 0. The van der Waals surface area contributed by atoms with Crippen molar-refractivity contribution < 1.29 is 19.0 Å². The van der Waals surface area contributed by atoms with Gasteiger partial charge in [-0.25, -0.2) is 0 Å². The van der Waals surface area contributed by atoms with E-state index in [9.17, 15) is 4.79 Å². The molecule has 166 valence electrons. The quantitative estimate of drug-likeness (QED) is 0.145. The molecule has 0 saturated carbocycles. The number of benzene rings is 2. The van der Waals surface area contributed by atoms with E-state index in [4.69, 9.17) is 14.2 Å². The van der Waals surface area contributed by atoms with Crippen molar-refractivity contribution in [2.75, 3.05) is 19.8 Å². The number of allylic oxidation sites excluding steroid dienone is 1. The van der Waals surface area contributed by atoms with E-state index < -0.39 is 0 Å². The summed E-state index contributed by atoms with van der Waals surface area (Å²) in [5.41, 5.74) is 2.52. The molecule has 0 spiro atoms. The molecule has 0 aliphatic rings. The van der Waals surface area contributed by atoms with Crippen LogP contribution >= 0.6 is 0 Å². The third kappa shape index (κ3) is 7.63. The van der Waals surface area contributed by atoms with Gasteiger partial charge in [-0.3, -0.25) is 4.79 Å². The number of carbonyl (C=O) groups is 1. The van der Waals surface area contributed by atoms with Crippen LogP contribution in [0.4, 0.5) is 0 Å². The Hall–Kier alpha value is -3.01. The van der Waals surface area contributed by atoms with Gasteiger partial charge in [-0.15, -0.1) is 0 Å². The molecule has 2 aromatic rings. The smallest absolute Gasteiger partial charge is 0.185 e. The van der Waals surface area contributed by atoms with Crippen molar-refractivity contribution in [1.82, 2.24) is 0 Å². The van der Waals surface area contributed by atoms with Gasteiger partial charge in [0, 0.05) is 11.1 Å². The molecule has 0 radical (unpaired) electrons. The number of ketones is 1. The molecule has 0 fully saturated rings. The number of ether oxygens (including phenoxy) is 3. The van der Waals surface area contributed by atoms with Crippen LogP contribution in [-0.2, 0) is 0 Å². The summed E-state index contributed by atoms with van der Waals surface area (Å²) in [5.74, 6) is 2.18. The summed E-state index contributed by atoms with van der Waals surface area (Å²) in [6, 6.07) is 11.0. The van der Waals surface area contributed by atoms with E-state index in [0.717, 1.165) is 48.3 Å². The van der Waals surface area contributed by atoms with Gasteiger partial charge in [0.2, 0.25) is 0 Å². The van der Waals surface area contributed by atoms with Gasteiger partial charge in [-0.05, 0) is 61.7 Å². The molecule has 0 bridgehead atoms. The fraction of sp³-hybridized carbons (Fsp3) is 0.370. The molecule has 0 aliphatic carbocycles. The van der Waals surface area contributed by atoms with Gasteiger partial charge in [0.05, 0.1) is 13.2 Å². The van der Waals surface area contributed by atoms with Crippen LogP contribution in [0.15, 0.2) is 55.1 Å². The lowest BCUT2D eigenvalue weighted by Crippen LogP contribution is -2.04. The number of rotatable bonds is 14. The van der Waals surface area contributed by atoms with Crippen LogP contribution in [0.2, 0.25) is 0 Å². The van der Waals surface area contributed by atoms with Crippen LogP contribution < -0.4 is 14.2 Å². The fourth-order valence-corrected chi connectivity index (χ4v) is 2.93. The topological polar surface area (TPSA) is 44.8 Å². The minimum absolute atomic E-state index is 0.0635. The first-order valence-electron chi connectivity index (χ1n) is 11.1. The highest BCUT2D eigenvalue weighted by Crippen LogP contribution is 2.34. The first kappa shape index (κ1) is 24.3. The van der Waals surface area contributed by atoms with Crippen molar-refractivity contribution in [1.29, 1.82) is 0 Å². The molecule has 0 unspecified atom stereocenters. The summed E-state index contributed by atoms with van der Waals surface area (Å²) in [5, 5.41) is 0. The second-order valence-electron chi connectivity index (χ2n) is 7.33. The summed E-state index contributed by atoms with van der Waals surface area (Å²) in [6.07, 6.45) is 9.24. The molecule has 0 aliphatic heterocycles. The third-order valence-corrected chi connectivity index (χ3v) is 4.83. The molecule has 2 rings (SSSR count). The van der Waals surface area contributed by atoms with Crippen molar-refractivity contribution in [2.24, 2.45) is 0 Å². The summed E-state index contributed by atoms with van der Waals surface area (Å²) in [4.78, 5) is 12.6. The average Bonchev–Trinajstić information content (AvgIpc) is 2.79. The lowest BCUT2D eigenvalue weighted by atomic mass is 10.0. The average molecular weight is 423 g/mol. The molecular formula is C27H34O4. The Labute approximate surface area is 186 Å². The highest BCUT2D eigenvalue weighted by molar-refractivity contribution is 6.07. The van der Waals surface area contributed by atoms with Crippen LogP contribution in [0.1, 0.15) is 61.0 Å². The Bertz CT molecular complexity index is 866. The van der Waals surface area contributed by atoms with E-state index in [0.29, 0.717) is 31.1 Å². The third-order valence-electron chi connectivity index (χ3n) is 4.83. The minimum Gasteiger partial charge on any atom is -0.490 e. The largest absolute Gasteiger partial charge is 0.490 e. The Kier molecular flexibility index (Phi) is 10.4. The Morgan fingerprint density at radius 3 is 2.26 bits per heavy atom. The number of hydrogen-bond acceptors (Lipinski definition) is 4. The zero-order valence-corrected chi connectivity index (χ0v) is 19.0. The van der Waals surface area contributed by atoms with Crippen LogP contribution in [0, 0.1) is 6.92 Å². The van der Waals surface area contributed by atoms with E-state index in [1.807, 2.05) is 25.1 Å². The highest BCUT2D eigenvalue weighted by Gasteiger charge is 2.12. The molecule has 2 aromatic carbocycles. The molecule has 0 amide bonds. The van der Waals surface area contributed by atoms with E-state index in [1.165, 1.54) is 0 Å². The fourth-order valence-electron chi connectivity index (χ4n) is 2.93. The predicted octanol–water partition coefficient (Wildman–Crippen LogP) is 6.81. The van der Waals surface area contributed by atoms with Crippen molar-refractivity contribution in [2.45, 2.75) is 46.5 Å². The lowest BCUT2D eigenvalue weighted by Gasteiger charge is -2.16. The van der Waals surface area contributed by atoms with Gasteiger partial charge >= 0.3 is 0 Å². The second kappa shape index (κ2) is 13.3. The molecule has 0 aromatic heterocycles. The van der Waals surface area contributed by atoms with Crippen LogP contribution in [0.3, 0.4) is 0 Å². The Balaban J connectivity index is 2.16. The number of unbranched alkanes of at least 4 members (excludes halogenated alkanes) is 2. The van der Waals surface area contributed by atoms with Gasteiger partial charge in [0.15, 0.2) is 17.3 Å². The molecule has 31 heavy (non-hydrogen) atoms. The minimum atomic E-state index is -0.0635. The maximum absolute atomic E-state index is 12.6. The van der Waals surface area contributed by atoms with Crippen molar-refractivity contribution in [3.8, 4) is 17.2 Å². The SMILES string of the molecule is C=CCOc1ccc(C(=O)/C=C/c2ccc(OCCCC)c(OCCCC)c2C)cc1. The standard InChI is InChI=1S/C27H34O4/c1-5-8-19-30-26-17-13-22(21(4)27(26)31-20-9-6-2)12-16-25(28)23-10-14-24(15-11-23)29-18-7-3/h7,10-17H,3,5-6,8-9,18-20H2,1-2,4H3/b16-12+. The van der Waals surface area contributed by atoms with Gasteiger partial charge < -0.3 is 14.2 Å². The van der Waals surface area contributed by atoms with Crippen LogP contribution in [-0.4, -0.2) is 25.6 Å². The first-order chi connectivity index (χ1) is 15.1. The summed E-state index contributed by atoms with van der Waals surface area (Å²) < 4.78 is 17.5. The van der Waals surface area contributed by atoms with Crippen LogP contribution in [0.25, 0.3) is 6.08 Å². The predicted molar refractivity (Wildman–Crippen MR) is 127 cm³/mol. The maximum atomic E-state index is 12.6.